The lowest BCUT2D eigenvalue weighted by Crippen LogP contribution is -2.31. The van der Waals surface area contributed by atoms with Crippen LogP contribution in [0.15, 0.2) is 52.9 Å². The van der Waals surface area contributed by atoms with E-state index in [1.165, 1.54) is 11.1 Å². The van der Waals surface area contributed by atoms with Gasteiger partial charge in [0.15, 0.2) is 11.7 Å². The van der Waals surface area contributed by atoms with E-state index in [1.807, 2.05) is 55.5 Å². The van der Waals surface area contributed by atoms with Crippen LogP contribution in [0, 0.1) is 6.92 Å². The molecule has 3 aromatic rings. The smallest absolute Gasteiger partial charge is 0.220 e. The zero-order valence-corrected chi connectivity index (χ0v) is 16.1. The average Bonchev–Trinajstić information content (AvgIpc) is 3.08. The first-order valence-electron chi connectivity index (χ1n) is 9.79. The van der Waals surface area contributed by atoms with Crippen LogP contribution in [0.2, 0.25) is 0 Å². The number of nitrogens with one attached hydrogen (secondary N) is 1. The highest BCUT2D eigenvalue weighted by molar-refractivity contribution is 5.76. The van der Waals surface area contributed by atoms with Gasteiger partial charge in [0.1, 0.15) is 0 Å². The maximum absolute atomic E-state index is 12.5. The van der Waals surface area contributed by atoms with Crippen molar-refractivity contribution in [2.75, 3.05) is 5.73 Å². The topological polar surface area (TPSA) is 81.2 Å². The van der Waals surface area contributed by atoms with Crippen LogP contribution >= 0.6 is 0 Å². The van der Waals surface area contributed by atoms with Gasteiger partial charge >= 0.3 is 0 Å². The molecule has 0 saturated heterocycles. The van der Waals surface area contributed by atoms with E-state index in [2.05, 4.69) is 10.3 Å². The lowest BCUT2D eigenvalue weighted by Gasteiger charge is -2.26. The molecule has 1 atom stereocenters. The predicted octanol–water partition coefficient (Wildman–Crippen LogP) is 4.36. The third-order valence-electron chi connectivity index (χ3n) is 5.26. The quantitative estimate of drug-likeness (QED) is 0.649. The Bertz CT molecular complexity index is 979. The summed E-state index contributed by atoms with van der Waals surface area (Å²) in [6, 6.07) is 15.9. The molecule has 5 nitrogen and oxygen atoms in total. The molecule has 0 fully saturated rings. The van der Waals surface area contributed by atoms with E-state index in [4.69, 9.17) is 10.2 Å². The van der Waals surface area contributed by atoms with Crippen LogP contribution in [0.5, 0.6) is 0 Å². The number of aryl methyl sites for hydroxylation is 3. The molecule has 3 N–H and O–H groups in total. The molecule has 0 aliphatic heterocycles. The minimum atomic E-state index is 0.0202. The summed E-state index contributed by atoms with van der Waals surface area (Å²) >= 11 is 0. The van der Waals surface area contributed by atoms with Crippen molar-refractivity contribution in [3.8, 4) is 11.3 Å². The van der Waals surface area contributed by atoms with Crippen molar-refractivity contribution in [1.29, 1.82) is 0 Å². The molecule has 0 radical (unpaired) electrons. The lowest BCUT2D eigenvalue weighted by atomic mass is 9.87. The third-order valence-corrected chi connectivity index (χ3v) is 5.26. The van der Waals surface area contributed by atoms with Crippen LogP contribution < -0.4 is 11.1 Å². The minimum Gasteiger partial charge on any atom is -0.440 e. The standard InChI is InChI=1S/C23H25N3O2/c1-15-23(16-6-3-2-4-7-16)28-22(25-15)13-12-21(27)26-20-9-5-8-17-14-18(24)10-11-19(17)20/h2-4,6-7,10-11,14,20H,5,8-9,12-13,24H2,1H3,(H,26,27). The highest BCUT2D eigenvalue weighted by Gasteiger charge is 2.22. The number of carbonyl (C=O) groups is 1. The Morgan fingerprint density at radius 1 is 1.25 bits per heavy atom. The summed E-state index contributed by atoms with van der Waals surface area (Å²) in [7, 11) is 0. The van der Waals surface area contributed by atoms with Crippen molar-refractivity contribution in [2.24, 2.45) is 0 Å². The van der Waals surface area contributed by atoms with Gasteiger partial charge < -0.3 is 15.5 Å². The molecule has 1 aliphatic rings. The summed E-state index contributed by atoms with van der Waals surface area (Å²) in [6.45, 7) is 1.93. The van der Waals surface area contributed by atoms with E-state index in [9.17, 15) is 4.79 Å². The maximum Gasteiger partial charge on any atom is 0.220 e. The van der Waals surface area contributed by atoms with Gasteiger partial charge in [0.05, 0.1) is 11.7 Å². The Morgan fingerprint density at radius 2 is 2.07 bits per heavy atom. The summed E-state index contributed by atoms with van der Waals surface area (Å²) in [5.74, 6) is 1.39. The van der Waals surface area contributed by atoms with Crippen LogP contribution in [0.25, 0.3) is 11.3 Å². The largest absolute Gasteiger partial charge is 0.440 e. The maximum atomic E-state index is 12.5. The molecule has 1 aromatic heterocycles. The molecule has 5 heteroatoms. The Labute approximate surface area is 165 Å². The van der Waals surface area contributed by atoms with Crippen molar-refractivity contribution in [3.05, 3.63) is 71.2 Å². The van der Waals surface area contributed by atoms with E-state index in [0.717, 1.165) is 42.0 Å². The molecular weight excluding hydrogens is 350 g/mol. The van der Waals surface area contributed by atoms with Crippen LogP contribution in [0.4, 0.5) is 5.69 Å². The van der Waals surface area contributed by atoms with Crippen molar-refractivity contribution in [2.45, 2.75) is 45.1 Å². The third kappa shape index (κ3) is 3.93. The summed E-state index contributed by atoms with van der Waals surface area (Å²) in [6.07, 6.45) is 3.88. The number of carbonyl (C=O) groups excluding carboxylic acids is 1. The molecule has 28 heavy (non-hydrogen) atoms. The van der Waals surface area contributed by atoms with Crippen LogP contribution in [0.1, 0.15) is 48.0 Å². The molecule has 0 bridgehead atoms. The first kappa shape index (κ1) is 18.3. The van der Waals surface area contributed by atoms with Gasteiger partial charge in [-0.3, -0.25) is 4.79 Å². The van der Waals surface area contributed by atoms with Gasteiger partial charge in [0, 0.05) is 24.1 Å². The number of nitrogen functional groups attached to an aromatic ring is 1. The summed E-state index contributed by atoms with van der Waals surface area (Å²) in [5, 5.41) is 3.17. The fraction of sp³-hybridized carbons (Fsp3) is 0.304. The van der Waals surface area contributed by atoms with Crippen molar-refractivity contribution < 1.29 is 9.21 Å². The second-order valence-corrected chi connectivity index (χ2v) is 7.36. The van der Waals surface area contributed by atoms with Crippen molar-refractivity contribution >= 4 is 11.6 Å². The Balaban J connectivity index is 1.38. The van der Waals surface area contributed by atoms with Gasteiger partial charge in [-0.05, 0) is 49.4 Å². The van der Waals surface area contributed by atoms with E-state index >= 15 is 0 Å². The zero-order valence-electron chi connectivity index (χ0n) is 16.1. The van der Waals surface area contributed by atoms with Gasteiger partial charge in [-0.15, -0.1) is 0 Å². The number of hydrogen-bond donors (Lipinski definition) is 2. The number of anilines is 1. The monoisotopic (exact) mass is 375 g/mol. The lowest BCUT2D eigenvalue weighted by molar-refractivity contribution is -0.122. The molecule has 0 saturated carbocycles. The van der Waals surface area contributed by atoms with Crippen molar-refractivity contribution in [3.63, 3.8) is 0 Å². The number of aromatic nitrogens is 1. The number of rotatable bonds is 5. The summed E-state index contributed by atoms with van der Waals surface area (Å²) in [5.41, 5.74) is 10.9. The first-order chi connectivity index (χ1) is 13.6. The van der Waals surface area contributed by atoms with Gasteiger partial charge in [-0.25, -0.2) is 4.98 Å². The molecular formula is C23H25N3O2. The Hall–Kier alpha value is -3.08. The van der Waals surface area contributed by atoms with E-state index in [-0.39, 0.29) is 11.9 Å². The SMILES string of the molecule is Cc1nc(CCC(=O)NC2CCCc3cc(N)ccc32)oc1-c1ccccc1. The predicted molar refractivity (Wildman–Crippen MR) is 110 cm³/mol. The number of benzene rings is 2. The van der Waals surface area contributed by atoms with E-state index in [1.54, 1.807) is 0 Å². The van der Waals surface area contributed by atoms with Crippen molar-refractivity contribution in [1.82, 2.24) is 10.3 Å². The molecule has 4 rings (SSSR count). The average molecular weight is 375 g/mol. The van der Waals surface area contributed by atoms with Crippen LogP contribution in [-0.4, -0.2) is 10.9 Å². The first-order valence-corrected chi connectivity index (χ1v) is 9.79. The highest BCUT2D eigenvalue weighted by atomic mass is 16.4. The fourth-order valence-electron chi connectivity index (χ4n) is 3.89. The van der Waals surface area contributed by atoms with E-state index in [0.29, 0.717) is 18.7 Å². The summed E-state index contributed by atoms with van der Waals surface area (Å²) in [4.78, 5) is 17.0. The molecule has 0 spiro atoms. The second kappa shape index (κ2) is 7.89. The van der Waals surface area contributed by atoms with Crippen LogP contribution in [-0.2, 0) is 17.6 Å². The second-order valence-electron chi connectivity index (χ2n) is 7.36. The van der Waals surface area contributed by atoms with Gasteiger partial charge in [-0.1, -0.05) is 36.4 Å². The number of oxazole rings is 1. The Kier molecular flexibility index (Phi) is 5.15. The Morgan fingerprint density at radius 3 is 2.89 bits per heavy atom. The number of hydrogen-bond acceptors (Lipinski definition) is 4. The number of amides is 1. The van der Waals surface area contributed by atoms with E-state index < -0.39 is 0 Å². The van der Waals surface area contributed by atoms with Gasteiger partial charge in [-0.2, -0.15) is 0 Å². The van der Waals surface area contributed by atoms with Gasteiger partial charge in [0.25, 0.3) is 0 Å². The van der Waals surface area contributed by atoms with Gasteiger partial charge in [0.2, 0.25) is 5.91 Å². The highest BCUT2D eigenvalue weighted by Crippen LogP contribution is 2.31. The molecule has 144 valence electrons. The van der Waals surface area contributed by atoms with Crippen LogP contribution in [0.3, 0.4) is 0 Å². The summed E-state index contributed by atoms with van der Waals surface area (Å²) < 4.78 is 5.91. The molecule has 1 heterocycles. The molecule has 2 aromatic carbocycles. The zero-order chi connectivity index (χ0) is 19.5. The molecule has 1 amide bonds. The number of nitrogens with two attached hydrogens (primary N) is 1. The molecule has 1 unspecified atom stereocenters. The number of fused-ring (bicyclic) bond motifs is 1. The fourth-order valence-corrected chi connectivity index (χ4v) is 3.89. The molecule has 1 aliphatic carbocycles. The normalized spacial score (nSPS) is 15.8. The number of nitrogens with zero attached hydrogens (tertiary/aromatic N) is 1. The minimum absolute atomic E-state index is 0.0202.